The Morgan fingerprint density at radius 1 is 0.807 bits per heavy atom. The van der Waals surface area contributed by atoms with Gasteiger partial charge in [-0.15, -0.1) is 0 Å². The zero-order valence-corrected chi connectivity index (χ0v) is 37.2. The number of hydrogen-bond donors (Lipinski definition) is 1. The first-order valence-electron chi connectivity index (χ1n) is 20.1. The van der Waals surface area contributed by atoms with Crippen LogP contribution in [0.2, 0.25) is 5.04 Å². The Hall–Kier alpha value is -3.80. The van der Waals surface area contributed by atoms with Gasteiger partial charge in [-0.2, -0.15) is 0 Å². The highest BCUT2D eigenvalue weighted by Gasteiger charge is 2.50. The molecular weight excluding hydrogens is 737 g/mol. The Bertz CT molecular complexity index is 1720. The Kier molecular flexibility index (Phi) is 15.5. The molecule has 9 nitrogen and oxygen atoms in total. The first-order chi connectivity index (χ1) is 26.7. The quantitative estimate of drug-likeness (QED) is 0.0928. The van der Waals surface area contributed by atoms with Crippen LogP contribution in [0.1, 0.15) is 88.0 Å². The first-order valence-corrected chi connectivity index (χ1v) is 22.0. The highest BCUT2D eigenvalue weighted by Crippen LogP contribution is 2.39. The lowest BCUT2D eigenvalue weighted by molar-refractivity contribution is -0.267. The van der Waals surface area contributed by atoms with Crippen LogP contribution in [0.4, 0.5) is 0 Å². The molecule has 1 aliphatic heterocycles. The molecule has 10 heteroatoms. The molecule has 1 aliphatic rings. The Morgan fingerprint density at radius 2 is 1.33 bits per heavy atom. The molecule has 0 amide bonds. The lowest BCUT2D eigenvalue weighted by Gasteiger charge is -2.43. The van der Waals surface area contributed by atoms with Crippen LogP contribution in [0.3, 0.4) is 0 Å². The average Bonchev–Trinajstić information content (AvgIpc) is 3.16. The van der Waals surface area contributed by atoms with Crippen LogP contribution in [-0.4, -0.2) is 71.1 Å². The van der Waals surface area contributed by atoms with Crippen molar-refractivity contribution < 1.29 is 42.8 Å². The molecule has 1 fully saturated rings. The fourth-order valence-corrected chi connectivity index (χ4v) is 11.9. The van der Waals surface area contributed by atoms with Gasteiger partial charge < -0.3 is 33.2 Å². The zero-order chi connectivity index (χ0) is 42.2. The van der Waals surface area contributed by atoms with Crippen LogP contribution in [-0.2, 0) is 33.0 Å². The van der Waals surface area contributed by atoms with Gasteiger partial charge in [-0.1, -0.05) is 107 Å². The van der Waals surface area contributed by atoms with Crippen molar-refractivity contribution in [2.24, 2.45) is 28.6 Å². The van der Waals surface area contributed by atoms with Gasteiger partial charge in [0.1, 0.15) is 5.75 Å². The summed E-state index contributed by atoms with van der Waals surface area (Å²) < 4.78 is 37.3. The smallest absolute Gasteiger partial charge is 0.311 e. The molecule has 0 aliphatic carbocycles. The predicted molar refractivity (Wildman–Crippen MR) is 227 cm³/mol. The van der Waals surface area contributed by atoms with E-state index < -0.39 is 55.5 Å². The minimum Gasteiger partial charge on any atom is -0.497 e. The molecule has 57 heavy (non-hydrogen) atoms. The van der Waals surface area contributed by atoms with Crippen LogP contribution in [0.5, 0.6) is 5.75 Å². The molecule has 4 rings (SSSR count). The highest BCUT2D eigenvalue weighted by atomic mass is 28.4. The van der Waals surface area contributed by atoms with E-state index in [1.807, 2.05) is 49.4 Å². The van der Waals surface area contributed by atoms with Gasteiger partial charge in [-0.05, 0) is 87.5 Å². The minimum absolute atomic E-state index is 0.00195. The molecule has 0 bridgehead atoms. The summed E-state index contributed by atoms with van der Waals surface area (Å²) in [6.45, 7) is 22.0. The van der Waals surface area contributed by atoms with Crippen molar-refractivity contribution >= 4 is 30.6 Å². The van der Waals surface area contributed by atoms with E-state index in [9.17, 15) is 14.7 Å². The van der Waals surface area contributed by atoms with Crippen LogP contribution >= 0.6 is 0 Å². The first kappa shape index (κ1) is 45.9. The zero-order valence-electron chi connectivity index (χ0n) is 36.2. The van der Waals surface area contributed by atoms with Gasteiger partial charge in [0.2, 0.25) is 0 Å². The molecule has 3 aromatic rings. The van der Waals surface area contributed by atoms with E-state index in [0.717, 1.165) is 5.56 Å². The molecule has 1 heterocycles. The number of esters is 2. The van der Waals surface area contributed by atoms with E-state index in [-0.39, 0.29) is 36.7 Å². The van der Waals surface area contributed by atoms with Gasteiger partial charge in [0.05, 0.1) is 50.0 Å². The number of methoxy groups -OCH3 is 1. The maximum Gasteiger partial charge on any atom is 0.311 e. The number of hydrogen-bond acceptors (Lipinski definition) is 9. The molecule has 0 aromatic heterocycles. The second-order valence-electron chi connectivity index (χ2n) is 18.5. The van der Waals surface area contributed by atoms with Crippen LogP contribution in [0.25, 0.3) is 0 Å². The fourth-order valence-electron chi connectivity index (χ4n) is 7.23. The predicted octanol–water partition coefficient (Wildman–Crippen LogP) is 8.04. The molecular formula is C47H66O9Si. The summed E-state index contributed by atoms with van der Waals surface area (Å²) in [6.07, 6.45) is -0.566. The minimum atomic E-state index is -2.80. The van der Waals surface area contributed by atoms with E-state index in [1.54, 1.807) is 48.7 Å². The van der Waals surface area contributed by atoms with Crippen molar-refractivity contribution in [2.45, 2.75) is 99.7 Å². The number of benzene rings is 3. The van der Waals surface area contributed by atoms with Gasteiger partial charge in [0, 0.05) is 24.0 Å². The lowest BCUT2D eigenvalue weighted by Crippen LogP contribution is -2.66. The second kappa shape index (κ2) is 19.3. The molecule has 0 saturated carbocycles. The maximum atomic E-state index is 13.2. The summed E-state index contributed by atoms with van der Waals surface area (Å²) in [5, 5.41) is 14.5. The Balaban J connectivity index is 1.69. The van der Waals surface area contributed by atoms with Crippen LogP contribution in [0.15, 0.2) is 96.6 Å². The van der Waals surface area contributed by atoms with Crippen molar-refractivity contribution in [1.82, 2.24) is 0 Å². The van der Waals surface area contributed by atoms with Crippen molar-refractivity contribution in [3.05, 3.63) is 102 Å². The topological polar surface area (TPSA) is 110 Å². The third kappa shape index (κ3) is 11.7. The SMILES string of the molecule is COc1ccc([C@H]2OC[C@H](COC(=O)C(C)(C)C)[C@H]([C@@H](COC(=O)C(C)(C)C)C(O)/C(C)=C/[C@@H](C)CO[Si](c3ccccc3)(c3ccccc3)C(C)(C)C)O2)cc1. The number of ether oxygens (including phenoxy) is 5. The van der Waals surface area contributed by atoms with Gasteiger partial charge in [-0.25, -0.2) is 0 Å². The molecule has 312 valence electrons. The van der Waals surface area contributed by atoms with E-state index in [0.29, 0.717) is 17.9 Å². The van der Waals surface area contributed by atoms with Gasteiger partial charge in [0.15, 0.2) is 6.29 Å². The monoisotopic (exact) mass is 802 g/mol. The summed E-state index contributed by atoms with van der Waals surface area (Å²) in [4.78, 5) is 26.1. The molecule has 6 atom stereocenters. The number of rotatable bonds is 15. The van der Waals surface area contributed by atoms with E-state index in [2.05, 4.69) is 76.2 Å². The van der Waals surface area contributed by atoms with Gasteiger partial charge >= 0.3 is 11.9 Å². The number of aliphatic hydroxyl groups excluding tert-OH is 1. The Morgan fingerprint density at radius 3 is 1.82 bits per heavy atom. The molecule has 0 spiro atoms. The largest absolute Gasteiger partial charge is 0.497 e. The van der Waals surface area contributed by atoms with E-state index in [1.165, 1.54) is 10.4 Å². The average molecular weight is 803 g/mol. The summed E-state index contributed by atoms with van der Waals surface area (Å²) in [6, 6.07) is 28.4. The maximum absolute atomic E-state index is 13.2. The fraction of sp³-hybridized carbons (Fsp3) is 0.532. The molecule has 1 unspecified atom stereocenters. The Labute approximate surface area is 342 Å². The molecule has 0 radical (unpaired) electrons. The van der Waals surface area contributed by atoms with Gasteiger partial charge in [0.25, 0.3) is 8.32 Å². The van der Waals surface area contributed by atoms with Crippen molar-refractivity contribution in [1.29, 1.82) is 0 Å². The summed E-state index contributed by atoms with van der Waals surface area (Å²) >= 11 is 0. The van der Waals surface area contributed by atoms with Crippen molar-refractivity contribution in [2.75, 3.05) is 33.5 Å². The van der Waals surface area contributed by atoms with E-state index >= 15 is 0 Å². The van der Waals surface area contributed by atoms with Gasteiger partial charge in [-0.3, -0.25) is 9.59 Å². The highest BCUT2D eigenvalue weighted by molar-refractivity contribution is 6.99. The molecule has 1 N–H and O–H groups in total. The van der Waals surface area contributed by atoms with Crippen molar-refractivity contribution in [3.63, 3.8) is 0 Å². The van der Waals surface area contributed by atoms with Crippen LogP contribution in [0, 0.1) is 28.6 Å². The lowest BCUT2D eigenvalue weighted by atomic mass is 9.83. The summed E-state index contributed by atoms with van der Waals surface area (Å²) in [7, 11) is -1.20. The molecule has 3 aromatic carbocycles. The second-order valence-corrected chi connectivity index (χ2v) is 22.8. The molecule has 1 saturated heterocycles. The standard InChI is InChI=1S/C47H66O9Si/c1-32(28-55-57(47(9,10)11,37-19-15-13-16-20-37)38-21-17-14-18-22-38)27-33(2)40(48)39(31-54-44(50)46(6,7)8)41-35(30-53-43(49)45(3,4)5)29-52-42(56-41)34-23-25-36(51-12)26-24-34/h13-27,32,35,39-42,48H,28-31H2,1-12H3/b33-27+/t32-,35-,39+,40?,41-,42+/m1/s1. The van der Waals surface area contributed by atoms with Crippen molar-refractivity contribution in [3.8, 4) is 5.75 Å². The van der Waals surface area contributed by atoms with E-state index in [4.69, 9.17) is 28.1 Å². The summed E-state index contributed by atoms with van der Waals surface area (Å²) in [5.74, 6) is -1.37. The number of aliphatic hydroxyl groups is 1. The summed E-state index contributed by atoms with van der Waals surface area (Å²) in [5.41, 5.74) is -0.0409. The number of carbonyl (C=O) groups excluding carboxylic acids is 2. The number of carbonyl (C=O) groups is 2. The van der Waals surface area contributed by atoms with Crippen LogP contribution < -0.4 is 15.1 Å². The third-order valence-corrected chi connectivity index (χ3v) is 15.5. The normalized spacial score (nSPS) is 19.9. The third-order valence-electron chi connectivity index (χ3n) is 10.5.